The minimum absolute atomic E-state index is 0.0570. The van der Waals surface area contributed by atoms with E-state index in [-0.39, 0.29) is 18.2 Å². The first-order valence-corrected chi connectivity index (χ1v) is 7.77. The lowest BCUT2D eigenvalue weighted by Gasteiger charge is -2.26. The summed E-state index contributed by atoms with van der Waals surface area (Å²) in [7, 11) is 0. The molecule has 2 unspecified atom stereocenters. The van der Waals surface area contributed by atoms with Crippen molar-refractivity contribution in [3.05, 3.63) is 24.7 Å². The second-order valence-corrected chi connectivity index (χ2v) is 6.88. The standard InChI is InChI=1S/C16H22N4O3/c1-11-7-13(8-19(11)15(21)23-16(2,3)4)22-12-5-6-14-17-10-18-20(14)9-12/h5-6,9-11,13H,7-8H2,1-4H3. The molecule has 2 atom stereocenters. The maximum absolute atomic E-state index is 12.2. The van der Waals surface area contributed by atoms with E-state index in [0.29, 0.717) is 12.3 Å². The van der Waals surface area contributed by atoms with Gasteiger partial charge < -0.3 is 14.4 Å². The van der Waals surface area contributed by atoms with E-state index in [1.165, 1.54) is 6.33 Å². The van der Waals surface area contributed by atoms with Crippen LogP contribution in [0.2, 0.25) is 0 Å². The van der Waals surface area contributed by atoms with E-state index in [0.717, 1.165) is 12.1 Å². The van der Waals surface area contributed by atoms with Gasteiger partial charge in [-0.3, -0.25) is 0 Å². The van der Waals surface area contributed by atoms with Gasteiger partial charge in [-0.2, -0.15) is 5.10 Å². The molecule has 3 rings (SSSR count). The van der Waals surface area contributed by atoms with Crippen LogP contribution in [-0.4, -0.2) is 49.9 Å². The molecule has 1 amide bonds. The topological polar surface area (TPSA) is 69.0 Å². The Labute approximate surface area is 135 Å². The number of amides is 1. The Morgan fingerprint density at radius 2 is 2.13 bits per heavy atom. The minimum Gasteiger partial charge on any atom is -0.487 e. The van der Waals surface area contributed by atoms with Crippen LogP contribution in [0.4, 0.5) is 4.79 Å². The molecule has 0 aromatic carbocycles. The van der Waals surface area contributed by atoms with Crippen molar-refractivity contribution < 1.29 is 14.3 Å². The summed E-state index contributed by atoms with van der Waals surface area (Å²) in [5, 5.41) is 4.09. The lowest BCUT2D eigenvalue weighted by Crippen LogP contribution is -2.39. The smallest absolute Gasteiger partial charge is 0.410 e. The molecule has 0 bridgehead atoms. The Morgan fingerprint density at radius 1 is 1.35 bits per heavy atom. The highest BCUT2D eigenvalue weighted by Gasteiger charge is 2.36. The number of pyridine rings is 1. The van der Waals surface area contributed by atoms with Crippen LogP contribution in [0.3, 0.4) is 0 Å². The first-order valence-electron chi connectivity index (χ1n) is 7.77. The molecule has 124 valence electrons. The van der Waals surface area contributed by atoms with Crippen molar-refractivity contribution in [2.75, 3.05) is 6.54 Å². The van der Waals surface area contributed by atoms with Crippen LogP contribution in [0.1, 0.15) is 34.1 Å². The summed E-state index contributed by atoms with van der Waals surface area (Å²) >= 11 is 0. The zero-order chi connectivity index (χ0) is 16.6. The molecule has 23 heavy (non-hydrogen) atoms. The fourth-order valence-corrected chi connectivity index (χ4v) is 2.70. The van der Waals surface area contributed by atoms with Gasteiger partial charge in [0.2, 0.25) is 0 Å². The minimum atomic E-state index is -0.492. The molecular weight excluding hydrogens is 296 g/mol. The third kappa shape index (κ3) is 3.55. The molecule has 0 spiro atoms. The van der Waals surface area contributed by atoms with E-state index in [2.05, 4.69) is 10.1 Å². The molecule has 2 aromatic rings. The summed E-state index contributed by atoms with van der Waals surface area (Å²) in [5.74, 6) is 0.714. The molecule has 3 heterocycles. The fraction of sp³-hybridized carbons (Fsp3) is 0.562. The van der Waals surface area contributed by atoms with Crippen LogP contribution in [0.15, 0.2) is 24.7 Å². The van der Waals surface area contributed by atoms with E-state index in [1.54, 1.807) is 15.6 Å². The van der Waals surface area contributed by atoms with Crippen LogP contribution >= 0.6 is 0 Å². The average molecular weight is 318 g/mol. The van der Waals surface area contributed by atoms with E-state index in [4.69, 9.17) is 9.47 Å². The van der Waals surface area contributed by atoms with Crippen molar-refractivity contribution in [1.82, 2.24) is 19.5 Å². The molecule has 1 saturated heterocycles. The van der Waals surface area contributed by atoms with Crippen LogP contribution in [0.5, 0.6) is 5.75 Å². The Bertz CT molecular complexity index is 707. The zero-order valence-corrected chi connectivity index (χ0v) is 13.9. The van der Waals surface area contributed by atoms with Crippen molar-refractivity contribution in [2.45, 2.75) is 51.9 Å². The Hall–Kier alpha value is -2.31. The van der Waals surface area contributed by atoms with Gasteiger partial charge in [0.15, 0.2) is 5.65 Å². The first kappa shape index (κ1) is 15.6. The number of aromatic nitrogens is 3. The van der Waals surface area contributed by atoms with Gasteiger partial charge in [-0.1, -0.05) is 0 Å². The highest BCUT2D eigenvalue weighted by Crippen LogP contribution is 2.24. The Balaban J connectivity index is 1.65. The molecule has 0 aliphatic carbocycles. The molecule has 1 aliphatic rings. The van der Waals surface area contributed by atoms with E-state index < -0.39 is 5.60 Å². The lowest BCUT2D eigenvalue weighted by molar-refractivity contribution is 0.0224. The summed E-state index contributed by atoms with van der Waals surface area (Å²) in [6.07, 6.45) is 3.72. The first-order chi connectivity index (χ1) is 10.8. The average Bonchev–Trinajstić information content (AvgIpc) is 3.03. The van der Waals surface area contributed by atoms with Crippen LogP contribution in [-0.2, 0) is 4.74 Å². The van der Waals surface area contributed by atoms with Crippen molar-refractivity contribution in [3.63, 3.8) is 0 Å². The molecule has 7 nitrogen and oxygen atoms in total. The predicted octanol–water partition coefficient (Wildman–Crippen LogP) is 2.51. The number of hydrogen-bond donors (Lipinski definition) is 0. The van der Waals surface area contributed by atoms with Gasteiger partial charge in [0.25, 0.3) is 0 Å². The van der Waals surface area contributed by atoms with Gasteiger partial charge in [0.05, 0.1) is 12.7 Å². The summed E-state index contributed by atoms with van der Waals surface area (Å²) in [6, 6.07) is 3.81. The lowest BCUT2D eigenvalue weighted by atomic mass is 10.2. The number of likely N-dealkylation sites (tertiary alicyclic amines) is 1. The maximum Gasteiger partial charge on any atom is 0.410 e. The maximum atomic E-state index is 12.2. The van der Waals surface area contributed by atoms with Crippen molar-refractivity contribution in [1.29, 1.82) is 0 Å². The highest BCUT2D eigenvalue weighted by atomic mass is 16.6. The van der Waals surface area contributed by atoms with Gasteiger partial charge in [-0.15, -0.1) is 0 Å². The molecule has 0 radical (unpaired) electrons. The number of carbonyl (C=O) groups excluding carboxylic acids is 1. The van der Waals surface area contributed by atoms with Crippen molar-refractivity contribution in [3.8, 4) is 5.75 Å². The summed E-state index contributed by atoms with van der Waals surface area (Å²) in [6.45, 7) is 8.13. The van der Waals surface area contributed by atoms with Gasteiger partial charge in [-0.25, -0.2) is 14.3 Å². The number of nitrogens with zero attached hydrogens (tertiary/aromatic N) is 4. The molecule has 1 aliphatic heterocycles. The zero-order valence-electron chi connectivity index (χ0n) is 13.9. The number of carbonyl (C=O) groups is 1. The number of rotatable bonds is 2. The molecule has 1 fully saturated rings. The Morgan fingerprint density at radius 3 is 2.87 bits per heavy atom. The molecule has 0 saturated carbocycles. The summed E-state index contributed by atoms with van der Waals surface area (Å²) in [5.41, 5.74) is 0.279. The fourth-order valence-electron chi connectivity index (χ4n) is 2.70. The van der Waals surface area contributed by atoms with Gasteiger partial charge in [-0.05, 0) is 39.8 Å². The molecule has 0 N–H and O–H groups in total. The molecular formula is C16H22N4O3. The molecule has 7 heteroatoms. The van der Waals surface area contributed by atoms with E-state index in [1.807, 2.05) is 39.8 Å². The SMILES string of the molecule is CC1CC(Oc2ccc3ncnn3c2)CN1C(=O)OC(C)(C)C. The van der Waals surface area contributed by atoms with Crippen molar-refractivity contribution in [2.24, 2.45) is 0 Å². The quantitative estimate of drug-likeness (QED) is 0.851. The Kier molecular flexibility index (Phi) is 3.87. The third-order valence-electron chi connectivity index (χ3n) is 3.71. The van der Waals surface area contributed by atoms with Crippen LogP contribution in [0, 0.1) is 0 Å². The van der Waals surface area contributed by atoms with Crippen LogP contribution < -0.4 is 4.74 Å². The highest BCUT2D eigenvalue weighted by molar-refractivity contribution is 5.69. The summed E-state index contributed by atoms with van der Waals surface area (Å²) in [4.78, 5) is 18.1. The third-order valence-corrected chi connectivity index (χ3v) is 3.71. The monoisotopic (exact) mass is 318 g/mol. The second kappa shape index (κ2) is 5.72. The second-order valence-electron chi connectivity index (χ2n) is 6.88. The van der Waals surface area contributed by atoms with E-state index >= 15 is 0 Å². The van der Waals surface area contributed by atoms with Gasteiger partial charge in [0, 0.05) is 12.5 Å². The van der Waals surface area contributed by atoms with Crippen molar-refractivity contribution >= 4 is 11.7 Å². The number of fused-ring (bicyclic) bond motifs is 1. The predicted molar refractivity (Wildman–Crippen MR) is 84.4 cm³/mol. The molecule has 2 aromatic heterocycles. The van der Waals surface area contributed by atoms with Gasteiger partial charge in [0.1, 0.15) is 23.8 Å². The summed E-state index contributed by atoms with van der Waals surface area (Å²) < 4.78 is 13.1. The number of ether oxygens (including phenoxy) is 2. The largest absolute Gasteiger partial charge is 0.487 e. The normalized spacial score (nSPS) is 21.7. The van der Waals surface area contributed by atoms with E-state index in [9.17, 15) is 4.79 Å². The van der Waals surface area contributed by atoms with Gasteiger partial charge >= 0.3 is 6.09 Å². The number of hydrogen-bond acceptors (Lipinski definition) is 5. The van der Waals surface area contributed by atoms with Crippen LogP contribution in [0.25, 0.3) is 5.65 Å².